The van der Waals surface area contributed by atoms with Gasteiger partial charge in [0.15, 0.2) is 114 Å². The third-order valence-electron chi connectivity index (χ3n) is 19.4. The fourth-order valence-electron chi connectivity index (χ4n) is 13.6. The van der Waals surface area contributed by atoms with Crippen molar-refractivity contribution in [3.63, 3.8) is 0 Å². The molecule has 0 saturated heterocycles. The predicted molar refractivity (Wildman–Crippen MR) is 403 cm³/mol. The minimum Gasteiger partial charge on any atom is -0.205 e. The normalized spacial score (nSPS) is 20.2. The van der Waals surface area contributed by atoms with Crippen molar-refractivity contribution in [1.29, 1.82) is 0 Å². The molecule has 516 valence electrons. The summed E-state index contributed by atoms with van der Waals surface area (Å²) < 4.78 is 14.4. The molecular weight excluding hydrogens is 1170 g/mol. The first-order valence-electron chi connectivity index (χ1n) is 39.5. The Kier molecular flexibility index (Phi) is 41.9. The van der Waals surface area contributed by atoms with Gasteiger partial charge >= 0.3 is 0 Å². The van der Waals surface area contributed by atoms with E-state index in [-0.39, 0.29) is 0 Å². The Morgan fingerprint density at radius 2 is 0.302 bits per heavy atom. The monoisotopic (exact) mass is 1300 g/mol. The molecule has 0 amide bonds. The van der Waals surface area contributed by atoms with E-state index >= 15 is 0 Å². The summed E-state index contributed by atoms with van der Waals surface area (Å²) in [6.07, 6.45) is 109. The molecule has 0 aromatic carbocycles. The number of aryl methyl sites for hydroxylation is 12. The van der Waals surface area contributed by atoms with E-state index < -0.39 is 0 Å². The summed E-state index contributed by atoms with van der Waals surface area (Å²) in [7, 11) is 0. The van der Waals surface area contributed by atoms with Gasteiger partial charge in [-0.05, 0) is 190 Å². The first kappa shape index (κ1) is 76.7. The number of aromatic nitrogens is 6. The second-order valence-electron chi connectivity index (χ2n) is 28.0. The highest BCUT2D eigenvalue weighted by molar-refractivity contribution is 5.09. The Hall–Kier alpha value is -6.66. The van der Waals surface area contributed by atoms with Crippen molar-refractivity contribution >= 4 is 0 Å². The molecule has 0 fully saturated rings. The van der Waals surface area contributed by atoms with E-state index in [1.807, 2.05) is 0 Å². The molecule has 7 rings (SSSR count). The first-order valence-corrected chi connectivity index (χ1v) is 39.5. The second kappa shape index (κ2) is 52.5. The zero-order valence-electron chi connectivity index (χ0n) is 60.4. The molecular formula is C90H132N6+6. The molecule has 0 aliphatic carbocycles. The average Bonchev–Trinajstić information content (AvgIpc) is 3.81. The molecule has 0 atom stereocenters. The highest BCUT2D eigenvalue weighted by Gasteiger charge is 2.09. The largest absolute Gasteiger partial charge is 0.205 e. The summed E-state index contributed by atoms with van der Waals surface area (Å²) in [6, 6.07) is 27.4. The van der Waals surface area contributed by atoms with Crippen molar-refractivity contribution in [2.24, 2.45) is 0 Å². The fraction of sp³-hybridized carbons (Fsp3) is 0.533. The van der Waals surface area contributed by atoms with Crippen LogP contribution >= 0.6 is 0 Å². The van der Waals surface area contributed by atoms with E-state index in [9.17, 15) is 0 Å². The summed E-state index contributed by atoms with van der Waals surface area (Å²) >= 11 is 0. The van der Waals surface area contributed by atoms with Crippen molar-refractivity contribution in [2.45, 2.75) is 309 Å². The third kappa shape index (κ3) is 37.7. The van der Waals surface area contributed by atoms with Crippen LogP contribution in [0.15, 0.2) is 220 Å². The van der Waals surface area contributed by atoms with Gasteiger partial charge in [-0.1, -0.05) is 150 Å². The topological polar surface area (TPSA) is 23.3 Å². The van der Waals surface area contributed by atoms with Gasteiger partial charge < -0.3 is 0 Å². The minimum absolute atomic E-state index is 1.06. The molecule has 6 nitrogen and oxygen atoms in total. The van der Waals surface area contributed by atoms with Crippen molar-refractivity contribution in [3.8, 4) is 0 Å². The molecule has 7 heterocycles. The van der Waals surface area contributed by atoms with Gasteiger partial charge in [0.2, 0.25) is 0 Å². The molecule has 6 heteroatoms. The molecule has 0 spiro atoms. The molecule has 0 unspecified atom stereocenters. The lowest BCUT2D eigenvalue weighted by atomic mass is 10.1. The number of fused-ring (bicyclic) bond motifs is 12. The highest BCUT2D eigenvalue weighted by Crippen LogP contribution is 2.15. The summed E-state index contributed by atoms with van der Waals surface area (Å²) in [6.45, 7) is 6.39. The lowest BCUT2D eigenvalue weighted by molar-refractivity contribution is -0.696. The zero-order valence-corrected chi connectivity index (χ0v) is 60.4. The molecule has 0 N–H and O–H groups in total. The fourth-order valence-corrected chi connectivity index (χ4v) is 13.6. The zero-order chi connectivity index (χ0) is 66.3. The second-order valence-corrected chi connectivity index (χ2v) is 28.0. The maximum absolute atomic E-state index is 2.42. The van der Waals surface area contributed by atoms with Crippen molar-refractivity contribution < 1.29 is 27.4 Å². The maximum atomic E-state index is 2.42. The maximum Gasteiger partial charge on any atom is 0.171 e. The Morgan fingerprint density at radius 3 is 0.469 bits per heavy atom. The molecule has 6 aromatic heterocycles. The Bertz CT molecular complexity index is 2590. The molecule has 96 heavy (non-hydrogen) atoms. The van der Waals surface area contributed by atoms with Gasteiger partial charge in [0.25, 0.3) is 0 Å². The number of rotatable bonds is 0. The van der Waals surface area contributed by atoms with E-state index in [0.29, 0.717) is 0 Å². The van der Waals surface area contributed by atoms with Gasteiger partial charge in [-0.15, -0.1) is 0 Å². The molecule has 0 saturated carbocycles. The number of nitrogens with zero attached hydrogens (tertiary/aromatic N) is 6. The van der Waals surface area contributed by atoms with Gasteiger partial charge in [0, 0.05) is 108 Å². The SMILES string of the molecule is C1=C/CC[n+]2cccc(c2)CCCCCC/C=C/CC[n+]2cccc(c2)CCCCCC/C=C/CC[n+]2cccc(c2)CCCCCC/C=C/CC[n+]2cccc(c2)CCCCCC/C=C/CC[n+]2cccc(c2)CCCCCC/C=C/CC[n+]2cccc(c2)CCCCCC/1. The Balaban J connectivity index is 0.753. The number of hydrogen-bond donors (Lipinski definition) is 0. The van der Waals surface area contributed by atoms with Crippen LogP contribution in [0.5, 0.6) is 0 Å². The van der Waals surface area contributed by atoms with Crippen LogP contribution in [-0.4, -0.2) is 0 Å². The van der Waals surface area contributed by atoms with Gasteiger partial charge in [-0.25, -0.2) is 27.4 Å². The first-order chi connectivity index (χ1) is 47.7. The minimum atomic E-state index is 1.06. The molecule has 12 bridgehead atoms. The van der Waals surface area contributed by atoms with Crippen LogP contribution in [-0.2, 0) is 77.8 Å². The molecule has 1 aliphatic rings. The van der Waals surface area contributed by atoms with Gasteiger partial charge in [-0.2, -0.15) is 0 Å². The van der Waals surface area contributed by atoms with Crippen LogP contribution in [0.1, 0.15) is 265 Å². The van der Waals surface area contributed by atoms with Crippen LogP contribution < -0.4 is 27.4 Å². The Labute approximate surface area is 586 Å². The predicted octanol–water partition coefficient (Wildman–Crippen LogP) is 20.6. The summed E-state index contributed by atoms with van der Waals surface area (Å²) in [5, 5.41) is 0. The quantitative estimate of drug-likeness (QED) is 0.107. The summed E-state index contributed by atoms with van der Waals surface area (Å²) in [5.74, 6) is 0. The summed E-state index contributed by atoms with van der Waals surface area (Å²) in [5.41, 5.74) is 8.87. The van der Waals surface area contributed by atoms with Crippen LogP contribution in [0.2, 0.25) is 0 Å². The summed E-state index contributed by atoms with van der Waals surface area (Å²) in [4.78, 5) is 0. The van der Waals surface area contributed by atoms with Crippen LogP contribution in [0.3, 0.4) is 0 Å². The van der Waals surface area contributed by atoms with Crippen molar-refractivity contribution in [1.82, 2.24) is 0 Å². The standard InChI is InChI=1S/C90H132N6/c1-7-19-31-43-67-91-73-50-62-86(80-91)56-38-26-14-3-9-21-33-45-69-93-75-52-64-88(82-93)58-40-28-16-5-11-23-35-47-71-95-77-54-66-90(84-95)60-42-30-18-6-12-24-36-48-72-96-78-53-65-89(83-96)59-41-29-17-4-10-22-34-46-70-94-76-51-63-87(81-94)57-39-27-15-2-8-20-32-44-68-92-74-49-61-85(79-92)55-37-25-13-1/h19-24,31-36,49-54,61-66,73-84H,1-18,25-30,37-48,55-60,67-72H2/q+6/b31-19+,32-20+,33-21+,34-22+,35-23+,36-24+. The molecule has 0 radical (unpaired) electrons. The van der Waals surface area contributed by atoms with Gasteiger partial charge in [-0.3, -0.25) is 0 Å². The van der Waals surface area contributed by atoms with E-state index in [4.69, 9.17) is 0 Å². The number of pyridine rings is 6. The lowest BCUT2D eigenvalue weighted by Gasteiger charge is -2.02. The van der Waals surface area contributed by atoms with Gasteiger partial charge in [0.05, 0.1) is 0 Å². The molecule has 1 aliphatic heterocycles. The van der Waals surface area contributed by atoms with Gasteiger partial charge in [0.1, 0.15) is 0 Å². The van der Waals surface area contributed by atoms with E-state index in [0.717, 1.165) is 77.8 Å². The van der Waals surface area contributed by atoms with Crippen LogP contribution in [0.25, 0.3) is 0 Å². The average molecular weight is 1300 g/mol. The third-order valence-corrected chi connectivity index (χ3v) is 19.4. The lowest BCUT2D eigenvalue weighted by Crippen LogP contribution is -2.32. The van der Waals surface area contributed by atoms with Crippen molar-refractivity contribution in [2.75, 3.05) is 0 Å². The highest BCUT2D eigenvalue weighted by atomic mass is 14.9. The van der Waals surface area contributed by atoms with E-state index in [1.54, 1.807) is 0 Å². The van der Waals surface area contributed by atoms with E-state index in [2.05, 4.69) is 247 Å². The molecule has 6 aromatic rings. The Morgan fingerprint density at radius 1 is 0.156 bits per heavy atom. The van der Waals surface area contributed by atoms with Crippen LogP contribution in [0, 0.1) is 0 Å². The van der Waals surface area contributed by atoms with Crippen molar-refractivity contribution in [3.05, 3.63) is 253 Å². The van der Waals surface area contributed by atoms with E-state index in [1.165, 1.54) is 265 Å². The number of hydrogen-bond acceptors (Lipinski definition) is 0. The number of allylic oxidation sites excluding steroid dienone is 12. The smallest absolute Gasteiger partial charge is 0.171 e. The van der Waals surface area contributed by atoms with Crippen LogP contribution in [0.4, 0.5) is 0 Å².